The van der Waals surface area contributed by atoms with Crippen molar-refractivity contribution in [2.24, 2.45) is 0 Å². The molecular weight excluding hydrogens is 508 g/mol. The second-order valence-corrected chi connectivity index (χ2v) is 11.5. The summed E-state index contributed by atoms with van der Waals surface area (Å²) in [5, 5.41) is 9.43. The van der Waals surface area contributed by atoms with E-state index in [2.05, 4.69) is 65.1 Å². The van der Waals surface area contributed by atoms with Crippen molar-refractivity contribution < 1.29 is 17.5 Å². The largest absolute Gasteiger partial charge is 0.286 e. The number of rotatable bonds is 10. The molecule has 0 aliphatic heterocycles. The van der Waals surface area contributed by atoms with E-state index < -0.39 is 10.1 Å². The van der Waals surface area contributed by atoms with E-state index in [1.54, 1.807) is 0 Å². The number of unbranched alkanes of at least 4 members (excludes halogenated alkanes) is 1. The van der Waals surface area contributed by atoms with Crippen molar-refractivity contribution in [1.29, 1.82) is 5.26 Å². The van der Waals surface area contributed by atoms with Crippen LogP contribution in [0.3, 0.4) is 0 Å². The molecule has 4 rings (SSSR count). The molecule has 7 nitrogen and oxygen atoms in total. The van der Waals surface area contributed by atoms with Crippen LogP contribution in [0.2, 0.25) is 0 Å². The summed E-state index contributed by atoms with van der Waals surface area (Å²) in [6.45, 7) is 15.2. The van der Waals surface area contributed by atoms with Gasteiger partial charge in [0.15, 0.2) is 16.7 Å². The average Bonchev–Trinajstić information content (AvgIpc) is 3.40. The smallest absolute Gasteiger partial charge is 0.282 e. The minimum Gasteiger partial charge on any atom is -0.286 e. The van der Waals surface area contributed by atoms with Crippen LogP contribution in [0.4, 0.5) is 5.69 Å². The number of imidazole rings is 1. The lowest BCUT2D eigenvalue weighted by molar-refractivity contribution is -0.670. The Bertz CT molecular complexity index is 1630. The molecule has 1 aromatic heterocycles. The van der Waals surface area contributed by atoms with E-state index in [4.69, 9.17) is 11.1 Å². The van der Waals surface area contributed by atoms with Crippen LogP contribution >= 0.6 is 0 Å². The highest BCUT2D eigenvalue weighted by Gasteiger charge is 2.33. The van der Waals surface area contributed by atoms with Crippen LogP contribution in [0.25, 0.3) is 22.0 Å². The molecule has 0 spiro atoms. The van der Waals surface area contributed by atoms with Gasteiger partial charge in [-0.25, -0.2) is 14.0 Å². The molecule has 2 atom stereocenters. The van der Waals surface area contributed by atoms with E-state index in [0.29, 0.717) is 36.6 Å². The fraction of sp³-hybridized carbons (Fsp3) is 0.387. The quantitative estimate of drug-likeness (QED) is 0.134. The number of hydrogen-bond donors (Lipinski definition) is 1. The second-order valence-electron chi connectivity index (χ2n) is 9.94. The summed E-state index contributed by atoms with van der Waals surface area (Å²) < 4.78 is 35.9. The van der Waals surface area contributed by atoms with Gasteiger partial charge in [-0.05, 0) is 68.0 Å². The number of aromatic nitrogens is 2. The molecule has 1 heterocycles. The van der Waals surface area contributed by atoms with Gasteiger partial charge in [0.05, 0.1) is 37.0 Å². The van der Waals surface area contributed by atoms with Crippen molar-refractivity contribution in [2.75, 3.05) is 5.75 Å². The Morgan fingerprint density at radius 3 is 2.49 bits per heavy atom. The third-order valence-corrected chi connectivity index (χ3v) is 8.50. The van der Waals surface area contributed by atoms with Gasteiger partial charge in [0.2, 0.25) is 0 Å². The first kappa shape index (κ1) is 28.3. The molecule has 2 unspecified atom stereocenters. The molecular formula is C31H35N4O3S+. The molecule has 0 fully saturated rings. The summed E-state index contributed by atoms with van der Waals surface area (Å²) in [6, 6.07) is 14.0. The number of hydrogen-bond acceptors (Lipinski definition) is 3. The van der Waals surface area contributed by atoms with Gasteiger partial charge in [-0.15, -0.1) is 0 Å². The van der Waals surface area contributed by atoms with Crippen LogP contribution in [0, 0.1) is 17.9 Å². The van der Waals surface area contributed by atoms with Crippen LogP contribution < -0.4 is 4.57 Å². The van der Waals surface area contributed by atoms with E-state index in [9.17, 15) is 13.7 Å². The van der Waals surface area contributed by atoms with Crippen molar-refractivity contribution in [3.8, 4) is 6.07 Å². The summed E-state index contributed by atoms with van der Waals surface area (Å²) in [4.78, 5) is 3.60. The fourth-order valence-electron chi connectivity index (χ4n) is 5.97. The van der Waals surface area contributed by atoms with Crippen LogP contribution in [-0.2, 0) is 23.2 Å². The Balaban J connectivity index is 1.75. The molecule has 0 bridgehead atoms. The van der Waals surface area contributed by atoms with Crippen molar-refractivity contribution in [2.45, 2.75) is 71.4 Å². The zero-order valence-corrected chi connectivity index (χ0v) is 23.6. The standard InChI is InChI=1S/C31H34N4O3S/c1-5-24-26(25(6-2)28-19-22(21-32)13-15-27(24)28)11-10-12-31-34(7-3)29-16-14-23(33-4)20-30(29)35(31)17-8-9-18-39(36,37)38/h10-16,19-20,24-25H,5-9,17-18H2,1-3H3/p+1. The summed E-state index contributed by atoms with van der Waals surface area (Å²) in [5.41, 5.74) is 7.12. The average molecular weight is 544 g/mol. The number of fused-ring (bicyclic) bond motifs is 2. The lowest BCUT2D eigenvalue weighted by Gasteiger charge is -2.14. The highest BCUT2D eigenvalue weighted by Crippen LogP contribution is 2.49. The summed E-state index contributed by atoms with van der Waals surface area (Å²) in [5.74, 6) is 1.29. The van der Waals surface area contributed by atoms with Gasteiger partial charge in [0.25, 0.3) is 15.9 Å². The first-order chi connectivity index (χ1) is 18.8. The molecule has 2 aromatic carbocycles. The first-order valence-electron chi connectivity index (χ1n) is 13.6. The van der Waals surface area contributed by atoms with E-state index in [1.807, 2.05) is 30.3 Å². The number of nitrogens with zero attached hydrogens (tertiary/aromatic N) is 4. The molecule has 8 heteroatoms. The lowest BCUT2D eigenvalue weighted by atomic mass is 9.90. The van der Waals surface area contributed by atoms with Crippen molar-refractivity contribution in [3.05, 3.63) is 88.1 Å². The minimum absolute atomic E-state index is 0.268. The molecule has 1 N–H and O–H groups in total. The fourth-order valence-corrected chi connectivity index (χ4v) is 6.54. The van der Waals surface area contributed by atoms with Gasteiger partial charge in [-0.1, -0.05) is 43.7 Å². The third-order valence-electron chi connectivity index (χ3n) is 7.69. The van der Waals surface area contributed by atoms with Gasteiger partial charge in [0.1, 0.15) is 0 Å². The predicted molar refractivity (Wildman–Crippen MR) is 154 cm³/mol. The molecule has 0 saturated heterocycles. The van der Waals surface area contributed by atoms with Gasteiger partial charge < -0.3 is 0 Å². The topological polar surface area (TPSA) is 91.3 Å². The van der Waals surface area contributed by atoms with Crippen LogP contribution in [0.5, 0.6) is 0 Å². The van der Waals surface area contributed by atoms with Gasteiger partial charge in [-0.2, -0.15) is 13.7 Å². The lowest BCUT2D eigenvalue weighted by Crippen LogP contribution is -2.35. The number of benzene rings is 2. The van der Waals surface area contributed by atoms with E-state index in [0.717, 1.165) is 36.2 Å². The summed E-state index contributed by atoms with van der Waals surface area (Å²) >= 11 is 0. The minimum atomic E-state index is -4.00. The summed E-state index contributed by atoms with van der Waals surface area (Å²) in [6.07, 6.45) is 9.28. The zero-order chi connectivity index (χ0) is 28.2. The van der Waals surface area contributed by atoms with Crippen molar-refractivity contribution >= 4 is 32.9 Å². The molecule has 39 heavy (non-hydrogen) atoms. The Kier molecular flexibility index (Phi) is 8.70. The van der Waals surface area contributed by atoms with Gasteiger partial charge in [0, 0.05) is 17.9 Å². The number of allylic oxidation sites excluding steroid dienone is 3. The maximum absolute atomic E-state index is 11.2. The molecule has 3 aromatic rings. The monoisotopic (exact) mass is 543 g/mol. The van der Waals surface area contributed by atoms with Gasteiger partial charge in [-0.3, -0.25) is 4.55 Å². The van der Waals surface area contributed by atoms with E-state index >= 15 is 0 Å². The maximum Gasteiger partial charge on any atom is 0.282 e. The molecule has 0 radical (unpaired) electrons. The predicted octanol–water partition coefficient (Wildman–Crippen LogP) is 6.68. The maximum atomic E-state index is 11.2. The van der Waals surface area contributed by atoms with E-state index in [-0.39, 0.29) is 11.7 Å². The SMILES string of the molecule is [C-]#[N+]c1ccc2c(c1)n(CCCCS(=O)(=O)O)c(C=CC=C1C(CC)c3ccc(C#N)cc3C1CC)[n+]2CC. The third kappa shape index (κ3) is 5.83. The highest BCUT2D eigenvalue weighted by molar-refractivity contribution is 7.85. The number of aryl methyl sites for hydroxylation is 2. The van der Waals surface area contributed by atoms with Crippen molar-refractivity contribution in [3.63, 3.8) is 0 Å². The molecule has 1 aliphatic rings. The normalized spacial score (nSPS) is 18.1. The van der Waals surface area contributed by atoms with E-state index in [1.165, 1.54) is 16.7 Å². The summed E-state index contributed by atoms with van der Waals surface area (Å²) in [7, 11) is -4.00. The molecule has 0 amide bonds. The number of nitriles is 1. The Morgan fingerprint density at radius 1 is 1.10 bits per heavy atom. The molecule has 1 aliphatic carbocycles. The van der Waals surface area contributed by atoms with Crippen LogP contribution in [-0.4, -0.2) is 23.3 Å². The molecule has 0 saturated carbocycles. The first-order valence-corrected chi connectivity index (χ1v) is 15.2. The Labute approximate surface area is 231 Å². The Hall–Kier alpha value is -3.72. The van der Waals surface area contributed by atoms with Gasteiger partial charge >= 0.3 is 0 Å². The molecule has 202 valence electrons. The van der Waals surface area contributed by atoms with Crippen molar-refractivity contribution in [1.82, 2.24) is 4.57 Å². The zero-order valence-electron chi connectivity index (χ0n) is 22.8. The highest BCUT2D eigenvalue weighted by atomic mass is 32.2. The second kappa shape index (κ2) is 12.0. The Morgan fingerprint density at radius 2 is 1.85 bits per heavy atom. The van der Waals surface area contributed by atoms with Crippen LogP contribution in [0.15, 0.2) is 54.1 Å². The van der Waals surface area contributed by atoms with Crippen LogP contribution in [0.1, 0.15) is 80.8 Å².